The number of halogens is 1. The van der Waals surface area contributed by atoms with Gasteiger partial charge in [-0.25, -0.2) is 12.8 Å². The molecule has 0 bridgehead atoms. The molecule has 1 atom stereocenters. The van der Waals surface area contributed by atoms with E-state index in [0.717, 1.165) is 15.4 Å². The fourth-order valence-corrected chi connectivity index (χ4v) is 6.59. The number of carbonyl (C=O) groups excluding carboxylic acids is 2. The van der Waals surface area contributed by atoms with Crippen molar-refractivity contribution < 1.29 is 31.9 Å². The highest BCUT2D eigenvalue weighted by Crippen LogP contribution is 2.32. The smallest absolute Gasteiger partial charge is 0.264 e. The summed E-state index contributed by atoms with van der Waals surface area (Å²) in [6, 6.07) is 24.9. The summed E-state index contributed by atoms with van der Waals surface area (Å²) in [4.78, 5) is 29.7. The number of benzene rings is 4. The predicted octanol–water partition coefficient (Wildman–Crippen LogP) is 5.90. The average molecular weight is 676 g/mol. The standard InChI is InChI=1S/C37H42FN3O6S/c1-26-16-18-29(19-17-26)41(48(44,45)30-20-21-33(46-5)34(23-30)47-6)25-35(42)40(24-28-14-10-11-15-31(28)38)32(36(43)39-37(2,3)4)22-27-12-8-7-9-13-27/h7-21,23,32H,22,24-25H2,1-6H3,(H,39,43). The Balaban J connectivity index is 1.85. The highest BCUT2D eigenvalue weighted by atomic mass is 32.2. The van der Waals surface area contributed by atoms with Crippen molar-refractivity contribution in [3.8, 4) is 11.5 Å². The van der Waals surface area contributed by atoms with Crippen LogP contribution in [0.25, 0.3) is 0 Å². The van der Waals surface area contributed by atoms with Crippen molar-refractivity contribution in [2.75, 3.05) is 25.1 Å². The van der Waals surface area contributed by atoms with Gasteiger partial charge in [-0.2, -0.15) is 0 Å². The Bertz CT molecular complexity index is 1830. The third-order valence-corrected chi connectivity index (χ3v) is 9.38. The number of hydrogen-bond donors (Lipinski definition) is 1. The molecule has 0 saturated heterocycles. The Morgan fingerprint density at radius 2 is 1.48 bits per heavy atom. The molecule has 11 heteroatoms. The Morgan fingerprint density at radius 3 is 2.08 bits per heavy atom. The summed E-state index contributed by atoms with van der Waals surface area (Å²) in [5.74, 6) is -1.19. The third-order valence-electron chi connectivity index (χ3n) is 7.61. The summed E-state index contributed by atoms with van der Waals surface area (Å²) >= 11 is 0. The van der Waals surface area contributed by atoms with E-state index in [2.05, 4.69) is 5.32 Å². The van der Waals surface area contributed by atoms with Crippen molar-refractivity contribution in [3.63, 3.8) is 0 Å². The number of hydrogen-bond acceptors (Lipinski definition) is 6. The molecule has 48 heavy (non-hydrogen) atoms. The van der Waals surface area contributed by atoms with E-state index in [0.29, 0.717) is 5.75 Å². The maximum Gasteiger partial charge on any atom is 0.264 e. The number of carbonyl (C=O) groups is 2. The van der Waals surface area contributed by atoms with Crippen LogP contribution in [0, 0.1) is 12.7 Å². The first-order chi connectivity index (χ1) is 22.7. The molecule has 4 aromatic rings. The van der Waals surface area contributed by atoms with Gasteiger partial charge in [0.05, 0.1) is 24.8 Å². The van der Waals surface area contributed by atoms with Gasteiger partial charge in [0, 0.05) is 30.1 Å². The van der Waals surface area contributed by atoms with Gasteiger partial charge in [0.2, 0.25) is 11.8 Å². The highest BCUT2D eigenvalue weighted by Gasteiger charge is 2.36. The van der Waals surface area contributed by atoms with Crippen LogP contribution >= 0.6 is 0 Å². The second-order valence-electron chi connectivity index (χ2n) is 12.4. The molecule has 0 spiro atoms. The van der Waals surface area contributed by atoms with Gasteiger partial charge in [0.1, 0.15) is 18.4 Å². The quantitative estimate of drug-likeness (QED) is 0.189. The van der Waals surface area contributed by atoms with E-state index in [1.807, 2.05) is 58.0 Å². The SMILES string of the molecule is COc1ccc(S(=O)(=O)N(CC(=O)N(Cc2ccccc2F)C(Cc2ccccc2)C(=O)NC(C)(C)C)c2ccc(C)cc2)cc1OC. The van der Waals surface area contributed by atoms with E-state index in [1.54, 1.807) is 30.3 Å². The molecule has 0 heterocycles. The van der Waals surface area contributed by atoms with Gasteiger partial charge < -0.3 is 19.7 Å². The number of nitrogens with zero attached hydrogens (tertiary/aromatic N) is 2. The topological polar surface area (TPSA) is 105 Å². The van der Waals surface area contributed by atoms with Crippen LogP contribution in [0.1, 0.15) is 37.5 Å². The fourth-order valence-electron chi connectivity index (χ4n) is 5.16. The van der Waals surface area contributed by atoms with Crippen LogP contribution in [0.3, 0.4) is 0 Å². The molecule has 0 aliphatic rings. The van der Waals surface area contributed by atoms with Gasteiger partial charge in [-0.3, -0.25) is 13.9 Å². The molecule has 0 radical (unpaired) electrons. The normalized spacial score (nSPS) is 12.1. The minimum atomic E-state index is -4.39. The van der Waals surface area contributed by atoms with Crippen molar-refractivity contribution in [2.45, 2.75) is 57.1 Å². The number of methoxy groups -OCH3 is 2. The molecule has 2 amide bonds. The number of anilines is 1. The lowest BCUT2D eigenvalue weighted by atomic mass is 10.0. The van der Waals surface area contributed by atoms with E-state index in [4.69, 9.17) is 9.47 Å². The Morgan fingerprint density at radius 1 is 0.854 bits per heavy atom. The molecule has 0 saturated carbocycles. The Hall–Kier alpha value is -4.90. The Kier molecular flexibility index (Phi) is 11.5. The van der Waals surface area contributed by atoms with Gasteiger partial charge in [0.15, 0.2) is 11.5 Å². The first-order valence-electron chi connectivity index (χ1n) is 15.4. The molecular formula is C37H42FN3O6S. The number of sulfonamides is 1. The van der Waals surface area contributed by atoms with Crippen molar-refractivity contribution in [3.05, 3.63) is 120 Å². The van der Waals surface area contributed by atoms with Crippen LogP contribution in [0.5, 0.6) is 11.5 Å². The summed E-state index contributed by atoms with van der Waals surface area (Å²) < 4.78 is 55.5. The maximum absolute atomic E-state index is 15.1. The van der Waals surface area contributed by atoms with Crippen LogP contribution in [-0.2, 0) is 32.6 Å². The lowest BCUT2D eigenvalue weighted by Crippen LogP contribution is -2.56. The van der Waals surface area contributed by atoms with Crippen LogP contribution < -0.4 is 19.1 Å². The van der Waals surface area contributed by atoms with Crippen LogP contribution in [0.4, 0.5) is 10.1 Å². The molecule has 1 N–H and O–H groups in total. The molecule has 9 nitrogen and oxygen atoms in total. The highest BCUT2D eigenvalue weighted by molar-refractivity contribution is 7.92. The monoisotopic (exact) mass is 675 g/mol. The summed E-state index contributed by atoms with van der Waals surface area (Å²) in [7, 11) is -1.56. The van der Waals surface area contributed by atoms with Crippen molar-refractivity contribution >= 4 is 27.5 Å². The van der Waals surface area contributed by atoms with E-state index in [-0.39, 0.29) is 34.9 Å². The van der Waals surface area contributed by atoms with Gasteiger partial charge in [-0.05, 0) is 63.6 Å². The Labute approximate surface area is 282 Å². The number of ether oxygens (including phenoxy) is 2. The minimum absolute atomic E-state index is 0.107. The average Bonchev–Trinajstić information content (AvgIpc) is 3.05. The summed E-state index contributed by atoms with van der Waals surface area (Å²) in [6.45, 7) is 6.37. The lowest BCUT2D eigenvalue weighted by molar-refractivity contribution is -0.140. The van der Waals surface area contributed by atoms with Crippen molar-refractivity contribution in [1.29, 1.82) is 0 Å². The van der Waals surface area contributed by atoms with Crippen LogP contribution in [-0.4, -0.2) is 57.5 Å². The summed E-state index contributed by atoms with van der Waals surface area (Å²) in [5, 5.41) is 2.96. The molecular weight excluding hydrogens is 633 g/mol. The largest absolute Gasteiger partial charge is 0.493 e. The van der Waals surface area contributed by atoms with Crippen molar-refractivity contribution in [2.24, 2.45) is 0 Å². The van der Waals surface area contributed by atoms with Gasteiger partial charge in [-0.15, -0.1) is 0 Å². The van der Waals surface area contributed by atoms with Gasteiger partial charge in [-0.1, -0.05) is 66.2 Å². The zero-order valence-electron chi connectivity index (χ0n) is 28.1. The predicted molar refractivity (Wildman–Crippen MR) is 184 cm³/mol. The number of amides is 2. The second-order valence-corrected chi connectivity index (χ2v) is 14.3. The van der Waals surface area contributed by atoms with E-state index in [1.165, 1.54) is 55.5 Å². The van der Waals surface area contributed by atoms with Crippen LogP contribution in [0.2, 0.25) is 0 Å². The maximum atomic E-state index is 15.1. The lowest BCUT2D eigenvalue weighted by Gasteiger charge is -2.35. The summed E-state index contributed by atoms with van der Waals surface area (Å²) in [6.07, 6.45) is 0.107. The molecule has 254 valence electrons. The molecule has 0 aliphatic heterocycles. The van der Waals surface area contributed by atoms with Gasteiger partial charge >= 0.3 is 0 Å². The van der Waals surface area contributed by atoms with Crippen molar-refractivity contribution in [1.82, 2.24) is 10.2 Å². The number of rotatable bonds is 13. The number of aryl methyl sites for hydroxylation is 1. The number of nitrogens with one attached hydrogen (secondary N) is 1. The zero-order chi connectivity index (χ0) is 35.1. The zero-order valence-corrected chi connectivity index (χ0v) is 28.9. The van der Waals surface area contributed by atoms with Crippen LogP contribution in [0.15, 0.2) is 102 Å². The first kappa shape index (κ1) is 35.9. The first-order valence-corrected chi connectivity index (χ1v) is 16.9. The third kappa shape index (κ3) is 8.92. The van der Waals surface area contributed by atoms with E-state index >= 15 is 4.39 Å². The minimum Gasteiger partial charge on any atom is -0.493 e. The van der Waals surface area contributed by atoms with E-state index in [9.17, 15) is 18.0 Å². The van der Waals surface area contributed by atoms with E-state index < -0.39 is 45.8 Å². The molecule has 4 aromatic carbocycles. The van der Waals surface area contributed by atoms with Gasteiger partial charge in [0.25, 0.3) is 10.0 Å². The molecule has 4 rings (SSSR count). The molecule has 0 aliphatic carbocycles. The summed E-state index contributed by atoms with van der Waals surface area (Å²) in [5.41, 5.74) is 1.41. The fraction of sp³-hybridized carbons (Fsp3) is 0.297. The molecule has 1 unspecified atom stereocenters. The second kappa shape index (κ2) is 15.3. The molecule has 0 fully saturated rings. The molecule has 0 aromatic heterocycles.